The van der Waals surface area contributed by atoms with Gasteiger partial charge in [0.1, 0.15) is 0 Å². The van der Waals surface area contributed by atoms with E-state index in [0.29, 0.717) is 30.7 Å². The molecule has 0 radical (unpaired) electrons. The first-order valence-corrected chi connectivity index (χ1v) is 9.17. The highest BCUT2D eigenvalue weighted by molar-refractivity contribution is 7.88. The molecule has 1 N–H and O–H groups in total. The summed E-state index contributed by atoms with van der Waals surface area (Å²) in [6.45, 7) is 7.00. The van der Waals surface area contributed by atoms with Crippen molar-refractivity contribution in [2.75, 3.05) is 19.3 Å². The Hall–Kier alpha value is -0.990. The highest BCUT2D eigenvalue weighted by atomic mass is 32.2. The summed E-state index contributed by atoms with van der Waals surface area (Å²) in [5, 5.41) is 7.30. The molecule has 1 aromatic rings. The SMILES string of the molecule is CC[C@@H]1CN(S(C)(=O)=O)CC[C@@H]1N[C@@H](C)c1nc(C)no1. The van der Waals surface area contributed by atoms with Crippen molar-refractivity contribution < 1.29 is 12.9 Å². The number of aromatic nitrogens is 2. The average molecular weight is 316 g/mol. The van der Waals surface area contributed by atoms with Crippen LogP contribution in [0.3, 0.4) is 0 Å². The lowest BCUT2D eigenvalue weighted by Gasteiger charge is -2.38. The van der Waals surface area contributed by atoms with E-state index < -0.39 is 10.0 Å². The zero-order chi connectivity index (χ0) is 15.6. The molecule has 21 heavy (non-hydrogen) atoms. The van der Waals surface area contributed by atoms with E-state index in [2.05, 4.69) is 22.4 Å². The van der Waals surface area contributed by atoms with Crippen molar-refractivity contribution in [2.45, 2.75) is 45.7 Å². The Morgan fingerprint density at radius 3 is 2.76 bits per heavy atom. The predicted molar refractivity (Wildman–Crippen MR) is 79.2 cm³/mol. The zero-order valence-electron chi connectivity index (χ0n) is 13.0. The molecule has 1 aliphatic heterocycles. The summed E-state index contributed by atoms with van der Waals surface area (Å²) < 4.78 is 30.1. The lowest BCUT2D eigenvalue weighted by Crippen LogP contribution is -2.51. The van der Waals surface area contributed by atoms with Gasteiger partial charge < -0.3 is 9.84 Å². The van der Waals surface area contributed by atoms with Gasteiger partial charge in [0, 0.05) is 19.1 Å². The molecule has 2 heterocycles. The van der Waals surface area contributed by atoms with Crippen molar-refractivity contribution >= 4 is 10.0 Å². The molecular weight excluding hydrogens is 292 g/mol. The number of sulfonamides is 1. The number of hydrogen-bond donors (Lipinski definition) is 1. The van der Waals surface area contributed by atoms with Crippen LogP contribution in [0.4, 0.5) is 0 Å². The predicted octanol–water partition coefficient (Wildman–Crippen LogP) is 1.09. The second kappa shape index (κ2) is 6.41. The normalized spacial score (nSPS) is 25.9. The highest BCUT2D eigenvalue weighted by Crippen LogP contribution is 2.24. The van der Waals surface area contributed by atoms with Crippen LogP contribution in [0.25, 0.3) is 0 Å². The number of aryl methyl sites for hydroxylation is 1. The maximum atomic E-state index is 11.7. The Kier molecular flexibility index (Phi) is 5.00. The van der Waals surface area contributed by atoms with Gasteiger partial charge in [-0.1, -0.05) is 18.5 Å². The topological polar surface area (TPSA) is 88.3 Å². The first-order valence-electron chi connectivity index (χ1n) is 7.32. The third kappa shape index (κ3) is 4.02. The van der Waals surface area contributed by atoms with Gasteiger partial charge in [-0.15, -0.1) is 0 Å². The molecule has 0 saturated carbocycles. The van der Waals surface area contributed by atoms with Crippen molar-refractivity contribution in [2.24, 2.45) is 5.92 Å². The van der Waals surface area contributed by atoms with Crippen LogP contribution in [0.15, 0.2) is 4.52 Å². The molecule has 0 spiro atoms. The first-order chi connectivity index (χ1) is 9.81. The summed E-state index contributed by atoms with van der Waals surface area (Å²) in [4.78, 5) is 4.23. The maximum Gasteiger partial charge on any atom is 0.243 e. The van der Waals surface area contributed by atoms with E-state index >= 15 is 0 Å². The lowest BCUT2D eigenvalue weighted by atomic mass is 9.90. The van der Waals surface area contributed by atoms with E-state index in [1.807, 2.05) is 6.92 Å². The fourth-order valence-corrected chi connectivity index (χ4v) is 3.71. The van der Waals surface area contributed by atoms with Crippen LogP contribution < -0.4 is 5.32 Å². The number of rotatable bonds is 5. The number of piperidine rings is 1. The minimum atomic E-state index is -3.10. The quantitative estimate of drug-likeness (QED) is 0.875. The van der Waals surface area contributed by atoms with E-state index in [1.165, 1.54) is 6.26 Å². The smallest absolute Gasteiger partial charge is 0.243 e. The molecular formula is C13H24N4O3S. The molecule has 0 unspecified atom stereocenters. The molecule has 3 atom stereocenters. The molecule has 0 aliphatic carbocycles. The third-order valence-corrected chi connectivity index (χ3v) is 5.34. The summed E-state index contributed by atoms with van der Waals surface area (Å²) in [7, 11) is -3.10. The zero-order valence-corrected chi connectivity index (χ0v) is 13.9. The number of nitrogens with one attached hydrogen (secondary N) is 1. The molecule has 120 valence electrons. The Morgan fingerprint density at radius 2 is 2.24 bits per heavy atom. The van der Waals surface area contributed by atoms with Crippen molar-refractivity contribution in [1.29, 1.82) is 0 Å². The Bertz CT molecular complexity index is 572. The minimum Gasteiger partial charge on any atom is -0.338 e. The van der Waals surface area contributed by atoms with Gasteiger partial charge in [-0.3, -0.25) is 0 Å². The molecule has 1 fully saturated rings. The summed E-state index contributed by atoms with van der Waals surface area (Å²) in [5.74, 6) is 1.49. The lowest BCUT2D eigenvalue weighted by molar-refractivity contribution is 0.185. The van der Waals surface area contributed by atoms with Gasteiger partial charge in [-0.05, 0) is 26.2 Å². The highest BCUT2D eigenvalue weighted by Gasteiger charge is 2.33. The fourth-order valence-electron chi connectivity index (χ4n) is 2.81. The Balaban J connectivity index is 2.00. The molecule has 1 aliphatic rings. The van der Waals surface area contributed by atoms with E-state index in [-0.39, 0.29) is 12.1 Å². The Morgan fingerprint density at radius 1 is 1.52 bits per heavy atom. The van der Waals surface area contributed by atoms with Gasteiger partial charge in [0.25, 0.3) is 0 Å². The molecule has 1 saturated heterocycles. The van der Waals surface area contributed by atoms with E-state index in [4.69, 9.17) is 4.52 Å². The van der Waals surface area contributed by atoms with Crippen molar-refractivity contribution in [3.8, 4) is 0 Å². The van der Waals surface area contributed by atoms with Gasteiger partial charge in [0.2, 0.25) is 15.9 Å². The second-order valence-corrected chi connectivity index (χ2v) is 7.74. The van der Waals surface area contributed by atoms with E-state index in [0.717, 1.165) is 12.8 Å². The average Bonchev–Trinajstić information content (AvgIpc) is 2.84. The monoisotopic (exact) mass is 316 g/mol. The molecule has 7 nitrogen and oxygen atoms in total. The first kappa shape index (κ1) is 16.4. The third-order valence-electron chi connectivity index (χ3n) is 4.07. The summed E-state index contributed by atoms with van der Waals surface area (Å²) in [5.41, 5.74) is 0. The van der Waals surface area contributed by atoms with Crippen LogP contribution in [0.1, 0.15) is 44.4 Å². The van der Waals surface area contributed by atoms with Gasteiger partial charge >= 0.3 is 0 Å². The standard InChI is InChI=1S/C13H24N4O3S/c1-5-11-8-17(21(4,18)19)7-6-12(11)14-9(2)13-15-10(3)16-20-13/h9,11-12,14H,5-8H2,1-4H3/t9-,11+,12-/m0/s1. The molecule has 2 rings (SSSR count). The van der Waals surface area contributed by atoms with Crippen LogP contribution in [0.5, 0.6) is 0 Å². The molecule has 0 amide bonds. The van der Waals surface area contributed by atoms with Crippen LogP contribution >= 0.6 is 0 Å². The minimum absolute atomic E-state index is 0.0324. The van der Waals surface area contributed by atoms with Crippen LogP contribution in [0.2, 0.25) is 0 Å². The van der Waals surface area contributed by atoms with Crippen molar-refractivity contribution in [3.63, 3.8) is 0 Å². The van der Waals surface area contributed by atoms with E-state index in [9.17, 15) is 8.42 Å². The number of nitrogens with zero attached hydrogens (tertiary/aromatic N) is 3. The molecule has 1 aromatic heterocycles. The second-order valence-electron chi connectivity index (χ2n) is 5.75. The summed E-state index contributed by atoms with van der Waals surface area (Å²) >= 11 is 0. The summed E-state index contributed by atoms with van der Waals surface area (Å²) in [6, 6.07) is 0.227. The van der Waals surface area contributed by atoms with Crippen molar-refractivity contribution in [1.82, 2.24) is 19.8 Å². The van der Waals surface area contributed by atoms with Gasteiger partial charge in [0.15, 0.2) is 5.82 Å². The summed E-state index contributed by atoms with van der Waals surface area (Å²) in [6.07, 6.45) is 3.00. The van der Waals surface area contributed by atoms with Crippen LogP contribution in [-0.2, 0) is 10.0 Å². The van der Waals surface area contributed by atoms with E-state index in [1.54, 1.807) is 11.2 Å². The molecule has 0 bridgehead atoms. The van der Waals surface area contributed by atoms with Crippen LogP contribution in [-0.4, -0.2) is 48.3 Å². The molecule has 8 heteroatoms. The number of hydrogen-bond acceptors (Lipinski definition) is 6. The van der Waals surface area contributed by atoms with Gasteiger partial charge in [0.05, 0.1) is 12.3 Å². The Labute approximate surface area is 126 Å². The molecule has 0 aromatic carbocycles. The fraction of sp³-hybridized carbons (Fsp3) is 0.846. The van der Waals surface area contributed by atoms with Crippen molar-refractivity contribution in [3.05, 3.63) is 11.7 Å². The largest absolute Gasteiger partial charge is 0.338 e. The maximum absolute atomic E-state index is 11.7. The van der Waals surface area contributed by atoms with Gasteiger partial charge in [-0.25, -0.2) is 12.7 Å². The van der Waals surface area contributed by atoms with Gasteiger partial charge in [-0.2, -0.15) is 4.98 Å². The van der Waals surface area contributed by atoms with Crippen LogP contribution in [0, 0.1) is 12.8 Å².